The molecule has 0 saturated carbocycles. The van der Waals surface area contributed by atoms with Crippen molar-refractivity contribution >= 4 is 11.9 Å². The van der Waals surface area contributed by atoms with Crippen molar-refractivity contribution < 1.29 is 40.2 Å². The number of carboxylic acids is 2. The fourth-order valence-electron chi connectivity index (χ4n) is 0.494. The number of carbonyl (C=O) groups is 2. The molecule has 0 aliphatic rings. The summed E-state index contributed by atoms with van der Waals surface area (Å²) in [6.45, 7) is 0.390. The van der Waals surface area contributed by atoms with Crippen molar-refractivity contribution in [3.05, 3.63) is 0 Å². The van der Waals surface area contributed by atoms with E-state index in [0.29, 0.717) is 0 Å². The lowest BCUT2D eigenvalue weighted by molar-refractivity contribution is -0.165. The number of aliphatic hydroxyl groups is 4. The smallest absolute Gasteiger partial charge is 0.335 e. The summed E-state index contributed by atoms with van der Waals surface area (Å²) >= 11 is 0. The van der Waals surface area contributed by atoms with E-state index < -0.39 is 24.1 Å². The Morgan fingerprint density at radius 1 is 0.812 bits per heavy atom. The molecule has 0 radical (unpaired) electrons. The number of hydrogen-bond donors (Lipinski definition) is 6. The van der Waals surface area contributed by atoms with Crippen molar-refractivity contribution in [2.75, 3.05) is 13.2 Å². The molecule has 8 heteroatoms. The van der Waals surface area contributed by atoms with Gasteiger partial charge >= 0.3 is 11.9 Å². The number of rotatable bonds is 6. The second-order valence-corrected chi connectivity index (χ2v) is 2.72. The maximum atomic E-state index is 9.77. The standard InChI is InChI=1S/C4H6O6.C4H10O2/c5-1(3(7)8)2(6)4(9)10;5-3-1-2-4-6/h1-2,5-6H,(H,7,8)(H,9,10);5-6H,1-4H2. The summed E-state index contributed by atoms with van der Waals surface area (Å²) in [5, 5.41) is 48.7. The number of carboxylic acid groups (broad SMARTS) is 2. The molecule has 0 aliphatic heterocycles. The van der Waals surface area contributed by atoms with Crippen LogP contribution in [-0.2, 0) is 9.59 Å². The van der Waals surface area contributed by atoms with Crippen molar-refractivity contribution in [2.45, 2.75) is 25.0 Å². The molecule has 2 unspecified atom stereocenters. The zero-order valence-corrected chi connectivity index (χ0v) is 8.48. The predicted molar refractivity (Wildman–Crippen MR) is 50.7 cm³/mol. The summed E-state index contributed by atoms with van der Waals surface area (Å²) in [5.41, 5.74) is 0. The molecular weight excluding hydrogens is 224 g/mol. The summed E-state index contributed by atoms with van der Waals surface area (Å²) in [7, 11) is 0. The van der Waals surface area contributed by atoms with Crippen molar-refractivity contribution in [1.29, 1.82) is 0 Å². The van der Waals surface area contributed by atoms with E-state index in [-0.39, 0.29) is 13.2 Å². The minimum atomic E-state index is -2.27. The van der Waals surface area contributed by atoms with Crippen molar-refractivity contribution in [3.8, 4) is 0 Å². The van der Waals surface area contributed by atoms with Gasteiger partial charge in [0.25, 0.3) is 0 Å². The molecule has 0 spiro atoms. The number of unbranched alkanes of at least 4 members (excludes halogenated alkanes) is 1. The van der Waals surface area contributed by atoms with E-state index in [2.05, 4.69) is 0 Å². The Morgan fingerprint density at radius 3 is 1.19 bits per heavy atom. The van der Waals surface area contributed by atoms with Crippen molar-refractivity contribution in [3.63, 3.8) is 0 Å². The van der Waals surface area contributed by atoms with Crippen LogP contribution in [0.5, 0.6) is 0 Å². The summed E-state index contributed by atoms with van der Waals surface area (Å²) in [6, 6.07) is 0. The van der Waals surface area contributed by atoms with Crippen LogP contribution in [0.4, 0.5) is 0 Å². The highest BCUT2D eigenvalue weighted by atomic mass is 16.4. The third kappa shape index (κ3) is 9.34. The van der Waals surface area contributed by atoms with Crippen molar-refractivity contribution in [2.24, 2.45) is 0 Å². The van der Waals surface area contributed by atoms with E-state index in [0.717, 1.165) is 12.8 Å². The van der Waals surface area contributed by atoms with E-state index in [9.17, 15) is 9.59 Å². The molecule has 0 bridgehead atoms. The summed E-state index contributed by atoms with van der Waals surface area (Å²) in [5.74, 6) is -3.54. The second-order valence-electron chi connectivity index (χ2n) is 2.72. The van der Waals surface area contributed by atoms with E-state index in [1.54, 1.807) is 0 Å². The Labute approximate surface area is 91.4 Å². The van der Waals surface area contributed by atoms with Gasteiger partial charge in [0, 0.05) is 13.2 Å². The van der Waals surface area contributed by atoms with Gasteiger partial charge in [0.05, 0.1) is 0 Å². The second kappa shape index (κ2) is 10.3. The van der Waals surface area contributed by atoms with Gasteiger partial charge in [0.1, 0.15) is 0 Å². The highest BCUT2D eigenvalue weighted by molar-refractivity contribution is 5.83. The minimum absolute atomic E-state index is 0.195. The minimum Gasteiger partial charge on any atom is -0.479 e. The fourth-order valence-corrected chi connectivity index (χ4v) is 0.494. The summed E-state index contributed by atoms with van der Waals surface area (Å²) < 4.78 is 0. The average molecular weight is 240 g/mol. The lowest BCUT2D eigenvalue weighted by atomic mass is 10.2. The van der Waals surface area contributed by atoms with Gasteiger partial charge in [-0.05, 0) is 12.8 Å². The number of hydrogen-bond acceptors (Lipinski definition) is 6. The highest BCUT2D eigenvalue weighted by Gasteiger charge is 2.29. The van der Waals surface area contributed by atoms with Gasteiger partial charge in [-0.2, -0.15) is 0 Å². The molecule has 6 N–H and O–H groups in total. The number of aliphatic carboxylic acids is 2. The average Bonchev–Trinajstić information content (AvgIpc) is 2.24. The molecule has 8 nitrogen and oxygen atoms in total. The maximum absolute atomic E-state index is 9.77. The first-order valence-electron chi connectivity index (χ1n) is 4.41. The molecule has 0 aliphatic carbocycles. The Morgan fingerprint density at radius 2 is 1.06 bits per heavy atom. The van der Waals surface area contributed by atoms with E-state index >= 15 is 0 Å². The Balaban J connectivity index is 0. The Kier molecular flexibility index (Phi) is 11.1. The molecule has 0 heterocycles. The Bertz CT molecular complexity index is 182. The van der Waals surface area contributed by atoms with Crippen LogP contribution in [0.25, 0.3) is 0 Å². The van der Waals surface area contributed by atoms with Gasteiger partial charge in [0.2, 0.25) is 0 Å². The third-order valence-corrected chi connectivity index (χ3v) is 1.37. The largest absolute Gasteiger partial charge is 0.479 e. The monoisotopic (exact) mass is 240 g/mol. The molecular formula is C8H16O8. The molecule has 2 atom stereocenters. The first-order valence-corrected chi connectivity index (χ1v) is 4.41. The van der Waals surface area contributed by atoms with Gasteiger partial charge in [0.15, 0.2) is 12.2 Å². The first-order chi connectivity index (χ1) is 7.38. The van der Waals surface area contributed by atoms with Crippen LogP contribution < -0.4 is 0 Å². The molecule has 0 rings (SSSR count). The molecule has 0 fully saturated rings. The topological polar surface area (TPSA) is 156 Å². The predicted octanol–water partition coefficient (Wildman–Crippen LogP) is -2.37. The van der Waals surface area contributed by atoms with Crippen LogP contribution in [0.1, 0.15) is 12.8 Å². The van der Waals surface area contributed by atoms with Crippen LogP contribution in [-0.4, -0.2) is 68.0 Å². The van der Waals surface area contributed by atoms with Gasteiger partial charge in [-0.1, -0.05) is 0 Å². The normalized spacial score (nSPS) is 13.2. The summed E-state index contributed by atoms with van der Waals surface area (Å²) in [6.07, 6.45) is -3.09. The van der Waals surface area contributed by atoms with Gasteiger partial charge in [-0.15, -0.1) is 0 Å². The molecule has 0 amide bonds. The summed E-state index contributed by atoms with van der Waals surface area (Å²) in [4.78, 5) is 19.5. The van der Waals surface area contributed by atoms with E-state index in [1.165, 1.54) is 0 Å². The quantitative estimate of drug-likeness (QED) is 0.281. The van der Waals surface area contributed by atoms with Crippen LogP contribution >= 0.6 is 0 Å². The highest BCUT2D eigenvalue weighted by Crippen LogP contribution is 1.92. The van der Waals surface area contributed by atoms with Crippen LogP contribution in [0, 0.1) is 0 Å². The van der Waals surface area contributed by atoms with Crippen LogP contribution in [0.15, 0.2) is 0 Å². The zero-order valence-electron chi connectivity index (χ0n) is 8.48. The van der Waals surface area contributed by atoms with Gasteiger partial charge in [-0.3, -0.25) is 0 Å². The molecule has 0 aromatic carbocycles. The van der Waals surface area contributed by atoms with Gasteiger partial charge in [-0.25, -0.2) is 9.59 Å². The molecule has 96 valence electrons. The lowest BCUT2D eigenvalue weighted by Gasteiger charge is -2.07. The van der Waals surface area contributed by atoms with Crippen LogP contribution in [0.2, 0.25) is 0 Å². The molecule has 0 aromatic heterocycles. The number of aliphatic hydroxyl groups excluding tert-OH is 4. The van der Waals surface area contributed by atoms with Gasteiger partial charge < -0.3 is 30.6 Å². The van der Waals surface area contributed by atoms with Crippen molar-refractivity contribution in [1.82, 2.24) is 0 Å². The van der Waals surface area contributed by atoms with E-state index in [1.807, 2.05) is 0 Å². The molecule has 0 saturated heterocycles. The maximum Gasteiger partial charge on any atom is 0.335 e. The van der Waals surface area contributed by atoms with E-state index in [4.69, 9.17) is 30.6 Å². The van der Waals surface area contributed by atoms with Crippen LogP contribution in [0.3, 0.4) is 0 Å². The third-order valence-electron chi connectivity index (χ3n) is 1.37. The lowest BCUT2D eigenvalue weighted by Crippen LogP contribution is -2.39. The first kappa shape index (κ1) is 17.2. The Hall–Kier alpha value is -1.22. The SMILES string of the molecule is O=C(O)C(O)C(O)C(=O)O.OCCCCO. The molecule has 0 aromatic rings. The fraction of sp³-hybridized carbons (Fsp3) is 0.750. The zero-order chi connectivity index (χ0) is 13.1. The molecule has 16 heavy (non-hydrogen) atoms.